The molecular weight excluding hydrogens is 281 g/mol. The number of halogens is 3. The zero-order chi connectivity index (χ0) is 15.0. The Morgan fingerprint density at radius 1 is 1.24 bits per heavy atom. The first-order chi connectivity index (χ1) is 10.0. The summed E-state index contributed by atoms with van der Waals surface area (Å²) in [6.45, 7) is -0.112. The maximum atomic E-state index is 13.0. The van der Waals surface area contributed by atoms with Crippen molar-refractivity contribution in [1.82, 2.24) is 14.8 Å². The lowest BCUT2D eigenvalue weighted by Crippen LogP contribution is -2.32. The van der Waals surface area contributed by atoms with Crippen molar-refractivity contribution >= 4 is 5.69 Å². The van der Waals surface area contributed by atoms with Crippen LogP contribution in [0.1, 0.15) is 12.2 Å². The Morgan fingerprint density at radius 2 is 2.00 bits per heavy atom. The minimum Gasteiger partial charge on any atom is -0.388 e. The second-order valence-electron chi connectivity index (χ2n) is 5.12. The van der Waals surface area contributed by atoms with E-state index < -0.39 is 12.1 Å². The van der Waals surface area contributed by atoms with Crippen molar-refractivity contribution in [3.8, 4) is 11.4 Å². The molecule has 4 nitrogen and oxygen atoms in total. The molecule has 1 atom stereocenters. The molecule has 0 amide bonds. The van der Waals surface area contributed by atoms with Gasteiger partial charge in [-0.05, 0) is 18.6 Å². The SMILES string of the molecule is CNc1ccccc1-c1nnc2n1CC(C(F)(F)F)CC2. The Morgan fingerprint density at radius 3 is 2.71 bits per heavy atom. The highest BCUT2D eigenvalue weighted by molar-refractivity contribution is 5.73. The molecule has 7 heteroatoms. The van der Waals surface area contributed by atoms with Crippen molar-refractivity contribution in [2.24, 2.45) is 5.92 Å². The lowest BCUT2D eigenvalue weighted by molar-refractivity contribution is -0.182. The van der Waals surface area contributed by atoms with E-state index in [9.17, 15) is 13.2 Å². The van der Waals surface area contributed by atoms with Gasteiger partial charge in [-0.3, -0.25) is 0 Å². The number of nitrogens with one attached hydrogen (secondary N) is 1. The molecule has 1 aromatic carbocycles. The Bertz CT molecular complexity index is 648. The van der Waals surface area contributed by atoms with Crippen LogP contribution in [0.5, 0.6) is 0 Å². The molecule has 1 aromatic heterocycles. The summed E-state index contributed by atoms with van der Waals surface area (Å²) in [5.74, 6) is -0.221. The summed E-state index contributed by atoms with van der Waals surface area (Å²) < 4.78 is 40.5. The molecule has 2 heterocycles. The van der Waals surface area contributed by atoms with Crippen molar-refractivity contribution < 1.29 is 13.2 Å². The zero-order valence-corrected chi connectivity index (χ0v) is 11.5. The van der Waals surface area contributed by atoms with Crippen LogP contribution in [-0.4, -0.2) is 28.0 Å². The second kappa shape index (κ2) is 5.05. The molecule has 112 valence electrons. The van der Waals surface area contributed by atoms with E-state index in [1.165, 1.54) is 0 Å². The molecular formula is C14H15F3N4. The van der Waals surface area contributed by atoms with Gasteiger partial charge in [0, 0.05) is 31.3 Å². The van der Waals surface area contributed by atoms with Gasteiger partial charge in [-0.25, -0.2) is 0 Å². The number of para-hydroxylation sites is 1. The molecule has 2 aromatic rings. The Labute approximate surface area is 120 Å². The fourth-order valence-corrected chi connectivity index (χ4v) is 2.69. The lowest BCUT2D eigenvalue weighted by atomic mass is 9.98. The van der Waals surface area contributed by atoms with Gasteiger partial charge >= 0.3 is 6.18 Å². The number of nitrogens with zero attached hydrogens (tertiary/aromatic N) is 3. The maximum Gasteiger partial charge on any atom is 0.393 e. The van der Waals surface area contributed by atoms with E-state index in [2.05, 4.69) is 15.5 Å². The number of alkyl halides is 3. The Hall–Kier alpha value is -2.05. The third-order valence-corrected chi connectivity index (χ3v) is 3.85. The van der Waals surface area contributed by atoms with Crippen LogP contribution in [0.4, 0.5) is 18.9 Å². The van der Waals surface area contributed by atoms with Crippen LogP contribution in [-0.2, 0) is 13.0 Å². The topological polar surface area (TPSA) is 42.7 Å². The largest absolute Gasteiger partial charge is 0.393 e. The summed E-state index contributed by atoms with van der Waals surface area (Å²) in [5.41, 5.74) is 1.59. The van der Waals surface area contributed by atoms with Gasteiger partial charge in [0.1, 0.15) is 5.82 Å². The predicted molar refractivity (Wildman–Crippen MR) is 72.9 cm³/mol. The van der Waals surface area contributed by atoms with Crippen LogP contribution in [0.15, 0.2) is 24.3 Å². The first kappa shape index (κ1) is 13.9. The molecule has 3 rings (SSSR count). The highest BCUT2D eigenvalue weighted by Gasteiger charge is 2.42. The summed E-state index contributed by atoms with van der Waals surface area (Å²) >= 11 is 0. The van der Waals surface area contributed by atoms with Gasteiger partial charge in [-0.15, -0.1) is 10.2 Å². The zero-order valence-electron chi connectivity index (χ0n) is 11.5. The Kier molecular flexibility index (Phi) is 3.35. The molecule has 1 aliphatic rings. The van der Waals surface area contributed by atoms with Crippen LogP contribution in [0.25, 0.3) is 11.4 Å². The van der Waals surface area contributed by atoms with Crippen molar-refractivity contribution in [2.45, 2.75) is 25.6 Å². The molecule has 0 fully saturated rings. The Balaban J connectivity index is 2.02. The number of anilines is 1. The van der Waals surface area contributed by atoms with Gasteiger partial charge in [-0.1, -0.05) is 12.1 Å². The summed E-state index contributed by atoms with van der Waals surface area (Å²) in [6, 6.07) is 7.39. The number of aromatic nitrogens is 3. The standard InChI is InChI=1S/C14H15F3N4/c1-18-11-5-3-2-4-10(11)13-20-19-12-7-6-9(8-21(12)13)14(15,16)17/h2-5,9,18H,6-8H2,1H3. The smallest absolute Gasteiger partial charge is 0.388 e. The van der Waals surface area contributed by atoms with Gasteiger partial charge < -0.3 is 9.88 Å². The van der Waals surface area contributed by atoms with Crippen molar-refractivity contribution in [3.63, 3.8) is 0 Å². The van der Waals surface area contributed by atoms with E-state index in [-0.39, 0.29) is 13.0 Å². The van der Waals surface area contributed by atoms with Crippen molar-refractivity contribution in [2.75, 3.05) is 12.4 Å². The van der Waals surface area contributed by atoms with Crippen LogP contribution >= 0.6 is 0 Å². The summed E-state index contributed by atoms with van der Waals surface area (Å²) in [4.78, 5) is 0. The molecule has 1 unspecified atom stereocenters. The molecule has 1 N–H and O–H groups in total. The fraction of sp³-hybridized carbons (Fsp3) is 0.429. The molecule has 0 spiro atoms. The van der Waals surface area contributed by atoms with Crippen LogP contribution < -0.4 is 5.32 Å². The van der Waals surface area contributed by atoms with Crippen LogP contribution in [0.2, 0.25) is 0 Å². The van der Waals surface area contributed by atoms with Crippen LogP contribution in [0, 0.1) is 5.92 Å². The minimum absolute atomic E-state index is 0.0787. The van der Waals surface area contributed by atoms with Gasteiger partial charge in [0.25, 0.3) is 0 Å². The number of benzene rings is 1. The fourth-order valence-electron chi connectivity index (χ4n) is 2.69. The van der Waals surface area contributed by atoms with E-state index in [1.54, 1.807) is 11.6 Å². The number of rotatable bonds is 2. The molecule has 0 saturated heterocycles. The molecule has 21 heavy (non-hydrogen) atoms. The first-order valence-electron chi connectivity index (χ1n) is 6.76. The average molecular weight is 296 g/mol. The number of aryl methyl sites for hydroxylation is 1. The highest BCUT2D eigenvalue weighted by atomic mass is 19.4. The normalized spacial score (nSPS) is 18.4. The van der Waals surface area contributed by atoms with Gasteiger partial charge in [0.05, 0.1) is 5.92 Å². The first-order valence-corrected chi connectivity index (χ1v) is 6.76. The maximum absolute atomic E-state index is 13.0. The third-order valence-electron chi connectivity index (χ3n) is 3.85. The van der Waals surface area contributed by atoms with E-state index in [4.69, 9.17) is 0 Å². The van der Waals surface area contributed by atoms with Crippen molar-refractivity contribution in [1.29, 1.82) is 0 Å². The van der Waals surface area contributed by atoms with E-state index in [1.807, 2.05) is 24.3 Å². The molecule has 0 aliphatic carbocycles. The average Bonchev–Trinajstić information content (AvgIpc) is 2.89. The minimum atomic E-state index is -4.18. The molecule has 0 bridgehead atoms. The van der Waals surface area contributed by atoms with Gasteiger partial charge in [-0.2, -0.15) is 13.2 Å². The van der Waals surface area contributed by atoms with Gasteiger partial charge in [0.2, 0.25) is 0 Å². The molecule has 0 saturated carbocycles. The number of hydrogen-bond donors (Lipinski definition) is 1. The number of hydrogen-bond acceptors (Lipinski definition) is 3. The summed E-state index contributed by atoms with van der Waals surface area (Å²) in [7, 11) is 1.77. The molecule has 1 aliphatic heterocycles. The predicted octanol–water partition coefficient (Wildman–Crippen LogP) is 3.11. The second-order valence-corrected chi connectivity index (χ2v) is 5.12. The van der Waals surface area contributed by atoms with Gasteiger partial charge in [0.15, 0.2) is 5.82 Å². The monoisotopic (exact) mass is 296 g/mol. The highest BCUT2D eigenvalue weighted by Crippen LogP contribution is 2.36. The van der Waals surface area contributed by atoms with Crippen LogP contribution in [0.3, 0.4) is 0 Å². The summed E-state index contributed by atoms with van der Waals surface area (Å²) in [5, 5.41) is 11.2. The third kappa shape index (κ3) is 2.48. The van der Waals surface area contributed by atoms with Crippen molar-refractivity contribution in [3.05, 3.63) is 30.1 Å². The molecule has 0 radical (unpaired) electrons. The quantitative estimate of drug-likeness (QED) is 0.926. The lowest BCUT2D eigenvalue weighted by Gasteiger charge is -2.26. The van der Waals surface area contributed by atoms with E-state index in [0.29, 0.717) is 18.1 Å². The van der Waals surface area contributed by atoms with E-state index >= 15 is 0 Å². The summed E-state index contributed by atoms with van der Waals surface area (Å²) in [6.07, 6.45) is -3.80. The van der Waals surface area contributed by atoms with E-state index in [0.717, 1.165) is 11.3 Å². The number of fused-ring (bicyclic) bond motifs is 1.